The first-order valence-electron chi connectivity index (χ1n) is 11.8. The number of carbonyl (C=O) groups excluding carboxylic acids is 4. The van der Waals surface area contributed by atoms with Crippen molar-refractivity contribution in [1.29, 1.82) is 0 Å². The minimum atomic E-state index is -1.08. The summed E-state index contributed by atoms with van der Waals surface area (Å²) in [4.78, 5) is 52.4. The van der Waals surface area contributed by atoms with Gasteiger partial charge in [-0.15, -0.1) is 0 Å². The monoisotopic (exact) mass is 460 g/mol. The summed E-state index contributed by atoms with van der Waals surface area (Å²) in [5.41, 5.74) is 0.857. The van der Waals surface area contributed by atoms with Crippen molar-refractivity contribution >= 4 is 23.8 Å². The van der Waals surface area contributed by atoms with Gasteiger partial charge in [0.2, 0.25) is 11.8 Å². The molecule has 0 aromatic heterocycles. The number of nitrogens with zero attached hydrogens (tertiary/aromatic N) is 1. The van der Waals surface area contributed by atoms with E-state index in [0.29, 0.717) is 32.2 Å². The van der Waals surface area contributed by atoms with Crippen molar-refractivity contribution in [3.05, 3.63) is 35.9 Å². The molecule has 0 radical (unpaired) electrons. The number of hydrogen-bond donors (Lipinski definition) is 1. The van der Waals surface area contributed by atoms with Crippen molar-refractivity contribution in [1.82, 2.24) is 10.2 Å². The molecule has 1 aliphatic heterocycles. The Bertz CT molecular complexity index is 791. The minimum absolute atomic E-state index is 0.121. The average molecular weight is 461 g/mol. The van der Waals surface area contributed by atoms with E-state index in [0.717, 1.165) is 18.4 Å². The summed E-state index contributed by atoms with van der Waals surface area (Å²) in [6, 6.07) is 7.50. The molecule has 8 heteroatoms. The number of ether oxygens (including phenoxy) is 2. The van der Waals surface area contributed by atoms with Gasteiger partial charge in [0.15, 0.2) is 0 Å². The maximum Gasteiger partial charge on any atom is 0.329 e. The van der Waals surface area contributed by atoms with Gasteiger partial charge in [0.1, 0.15) is 18.7 Å². The Morgan fingerprint density at radius 3 is 2.36 bits per heavy atom. The Hall–Kier alpha value is -2.90. The number of benzene rings is 1. The van der Waals surface area contributed by atoms with Gasteiger partial charge in [-0.3, -0.25) is 14.4 Å². The Labute approximate surface area is 196 Å². The average Bonchev–Trinajstić information content (AvgIpc) is 3.32. The van der Waals surface area contributed by atoms with Crippen LogP contribution in [0.1, 0.15) is 64.4 Å². The first-order valence-corrected chi connectivity index (χ1v) is 11.8. The van der Waals surface area contributed by atoms with E-state index in [1.807, 2.05) is 44.2 Å². The van der Waals surface area contributed by atoms with Crippen LogP contribution >= 0.6 is 0 Å². The number of likely N-dealkylation sites (tertiary alicyclic amines) is 1. The maximum atomic E-state index is 13.4. The van der Waals surface area contributed by atoms with Crippen molar-refractivity contribution in [2.45, 2.75) is 77.5 Å². The molecular formula is C25H36N2O6. The second kappa shape index (κ2) is 13.6. The molecule has 1 heterocycles. The van der Waals surface area contributed by atoms with Crippen molar-refractivity contribution < 1.29 is 28.7 Å². The zero-order valence-corrected chi connectivity index (χ0v) is 19.9. The molecule has 0 aliphatic carbocycles. The fraction of sp³-hybridized carbons (Fsp3) is 0.600. The minimum Gasteiger partial charge on any atom is -0.469 e. The van der Waals surface area contributed by atoms with E-state index in [1.165, 1.54) is 12.0 Å². The SMILES string of the molecule is CCCC(CCC)C(=O)NC(CC(=O)OC)C(=O)N1CCCC1C(=O)OCc1ccccc1. The van der Waals surface area contributed by atoms with Gasteiger partial charge in [-0.05, 0) is 31.2 Å². The molecule has 2 rings (SSSR count). The van der Waals surface area contributed by atoms with Gasteiger partial charge in [-0.25, -0.2) is 4.79 Å². The second-order valence-corrected chi connectivity index (χ2v) is 8.40. The van der Waals surface area contributed by atoms with Gasteiger partial charge in [0.05, 0.1) is 13.5 Å². The van der Waals surface area contributed by atoms with Crippen LogP contribution in [0, 0.1) is 5.92 Å². The Morgan fingerprint density at radius 1 is 1.09 bits per heavy atom. The zero-order valence-electron chi connectivity index (χ0n) is 19.9. The summed E-state index contributed by atoms with van der Waals surface area (Å²) in [7, 11) is 1.24. The molecular weight excluding hydrogens is 424 g/mol. The Morgan fingerprint density at radius 2 is 1.76 bits per heavy atom. The van der Waals surface area contributed by atoms with Crippen LogP contribution in [0.4, 0.5) is 0 Å². The van der Waals surface area contributed by atoms with Crippen LogP contribution in [-0.4, -0.2) is 54.4 Å². The molecule has 1 saturated heterocycles. The molecule has 1 aromatic carbocycles. The first kappa shape index (κ1) is 26.4. The lowest BCUT2D eigenvalue weighted by atomic mass is 9.96. The van der Waals surface area contributed by atoms with Crippen molar-refractivity contribution in [2.24, 2.45) is 5.92 Å². The van der Waals surface area contributed by atoms with Crippen LogP contribution in [0.2, 0.25) is 0 Å². The number of nitrogens with one attached hydrogen (secondary N) is 1. The highest BCUT2D eigenvalue weighted by Gasteiger charge is 2.39. The number of hydrogen-bond acceptors (Lipinski definition) is 6. The summed E-state index contributed by atoms with van der Waals surface area (Å²) in [6.45, 7) is 4.49. The van der Waals surface area contributed by atoms with Crippen LogP contribution < -0.4 is 5.32 Å². The fourth-order valence-corrected chi connectivity index (χ4v) is 4.14. The molecule has 0 spiro atoms. The highest BCUT2D eigenvalue weighted by Crippen LogP contribution is 2.22. The fourth-order valence-electron chi connectivity index (χ4n) is 4.14. The van der Waals surface area contributed by atoms with Crippen LogP contribution in [0.3, 0.4) is 0 Å². The lowest BCUT2D eigenvalue weighted by molar-refractivity contribution is -0.156. The van der Waals surface area contributed by atoms with Gasteiger partial charge < -0.3 is 19.7 Å². The van der Waals surface area contributed by atoms with Crippen LogP contribution in [0.15, 0.2) is 30.3 Å². The normalized spacial score (nSPS) is 16.4. The lowest BCUT2D eigenvalue weighted by Gasteiger charge is -2.29. The molecule has 1 aliphatic rings. The standard InChI is InChI=1S/C25H36N2O6/c1-4-10-19(11-5-2)23(29)26-20(16-22(28)32-3)24(30)27-15-9-14-21(27)25(31)33-17-18-12-7-6-8-13-18/h6-8,12-13,19-21H,4-5,9-11,14-17H2,1-3H3,(H,26,29). The van der Waals surface area contributed by atoms with E-state index in [9.17, 15) is 19.2 Å². The quantitative estimate of drug-likeness (QED) is 0.481. The van der Waals surface area contributed by atoms with Gasteiger partial charge in [-0.1, -0.05) is 57.0 Å². The predicted molar refractivity (Wildman–Crippen MR) is 123 cm³/mol. The van der Waals surface area contributed by atoms with Crippen molar-refractivity contribution in [2.75, 3.05) is 13.7 Å². The molecule has 1 aromatic rings. The van der Waals surface area contributed by atoms with Crippen LogP contribution in [-0.2, 0) is 35.3 Å². The third-order valence-electron chi connectivity index (χ3n) is 5.89. The van der Waals surface area contributed by atoms with Crippen LogP contribution in [0.25, 0.3) is 0 Å². The van der Waals surface area contributed by atoms with E-state index in [4.69, 9.17) is 9.47 Å². The topological polar surface area (TPSA) is 102 Å². The second-order valence-electron chi connectivity index (χ2n) is 8.40. The first-order chi connectivity index (χ1) is 15.9. The molecule has 33 heavy (non-hydrogen) atoms. The molecule has 0 saturated carbocycles. The summed E-state index contributed by atoms with van der Waals surface area (Å²) >= 11 is 0. The summed E-state index contributed by atoms with van der Waals surface area (Å²) in [6.07, 6.45) is 3.93. The van der Waals surface area contributed by atoms with Gasteiger partial charge in [0.25, 0.3) is 0 Å². The Balaban J connectivity index is 2.09. The molecule has 2 amide bonds. The summed E-state index contributed by atoms with van der Waals surface area (Å²) in [5.74, 6) is -2.01. The smallest absolute Gasteiger partial charge is 0.329 e. The number of rotatable bonds is 12. The zero-order chi connectivity index (χ0) is 24.2. The molecule has 0 bridgehead atoms. The largest absolute Gasteiger partial charge is 0.469 e. The number of carbonyl (C=O) groups is 4. The number of esters is 2. The van der Waals surface area contributed by atoms with Crippen molar-refractivity contribution in [3.8, 4) is 0 Å². The van der Waals surface area contributed by atoms with E-state index in [-0.39, 0.29) is 24.9 Å². The predicted octanol–water partition coefficient (Wildman–Crippen LogP) is 2.99. The number of methoxy groups -OCH3 is 1. The molecule has 8 nitrogen and oxygen atoms in total. The molecule has 2 unspecified atom stereocenters. The van der Waals surface area contributed by atoms with E-state index in [2.05, 4.69) is 5.32 Å². The summed E-state index contributed by atoms with van der Waals surface area (Å²) < 4.78 is 10.2. The third-order valence-corrected chi connectivity index (χ3v) is 5.89. The van der Waals surface area contributed by atoms with E-state index in [1.54, 1.807) is 0 Å². The van der Waals surface area contributed by atoms with Gasteiger partial charge in [0, 0.05) is 12.5 Å². The van der Waals surface area contributed by atoms with Crippen molar-refractivity contribution in [3.63, 3.8) is 0 Å². The van der Waals surface area contributed by atoms with Gasteiger partial charge >= 0.3 is 11.9 Å². The molecule has 1 fully saturated rings. The van der Waals surface area contributed by atoms with Crippen LogP contribution in [0.5, 0.6) is 0 Å². The van der Waals surface area contributed by atoms with Gasteiger partial charge in [-0.2, -0.15) is 0 Å². The molecule has 1 N–H and O–H groups in total. The summed E-state index contributed by atoms with van der Waals surface area (Å²) in [5, 5.41) is 2.76. The highest BCUT2D eigenvalue weighted by atomic mass is 16.5. The third kappa shape index (κ3) is 7.87. The molecule has 2 atom stereocenters. The van der Waals surface area contributed by atoms with E-state index >= 15 is 0 Å². The Kier molecular flexibility index (Phi) is 10.9. The number of amides is 2. The maximum absolute atomic E-state index is 13.4. The lowest BCUT2D eigenvalue weighted by Crippen LogP contribution is -2.53. The van der Waals surface area contributed by atoms with E-state index < -0.39 is 29.9 Å². The highest BCUT2D eigenvalue weighted by molar-refractivity contribution is 5.94. The molecule has 182 valence electrons.